The molecule has 2 rings (SSSR count). The number of aliphatic hydroxyl groups excluding tert-OH is 1. The summed E-state index contributed by atoms with van der Waals surface area (Å²) in [6.45, 7) is -0.115. The van der Waals surface area contributed by atoms with Gasteiger partial charge in [-0.2, -0.15) is 0 Å². The van der Waals surface area contributed by atoms with E-state index in [0.29, 0.717) is 11.1 Å². The zero-order valence-corrected chi connectivity index (χ0v) is 7.90. The molecule has 0 aliphatic heterocycles. The third kappa shape index (κ3) is 1.22. The second-order valence-corrected chi connectivity index (χ2v) is 3.23. The Kier molecular flexibility index (Phi) is 2.09. The van der Waals surface area contributed by atoms with Gasteiger partial charge in [0.15, 0.2) is 5.43 Å². The minimum atomic E-state index is -0.115. The van der Waals surface area contributed by atoms with Crippen LogP contribution in [0.15, 0.2) is 35.1 Å². The maximum Gasteiger partial charge on any atom is 0.189 e. The van der Waals surface area contributed by atoms with Crippen LogP contribution in [0, 0.1) is 0 Å². The topological polar surface area (TPSA) is 42.2 Å². The molecule has 0 bridgehead atoms. The van der Waals surface area contributed by atoms with Gasteiger partial charge in [0, 0.05) is 24.2 Å². The van der Waals surface area contributed by atoms with Gasteiger partial charge in [0.05, 0.1) is 12.1 Å². The van der Waals surface area contributed by atoms with Gasteiger partial charge in [-0.15, -0.1) is 0 Å². The van der Waals surface area contributed by atoms with Crippen molar-refractivity contribution in [3.63, 3.8) is 0 Å². The van der Waals surface area contributed by atoms with Crippen molar-refractivity contribution >= 4 is 10.9 Å². The van der Waals surface area contributed by atoms with E-state index in [1.165, 1.54) is 6.07 Å². The number of pyridine rings is 1. The van der Waals surface area contributed by atoms with Crippen molar-refractivity contribution in [2.24, 2.45) is 7.05 Å². The van der Waals surface area contributed by atoms with E-state index in [4.69, 9.17) is 5.11 Å². The van der Waals surface area contributed by atoms with Gasteiger partial charge < -0.3 is 9.67 Å². The molecule has 1 heterocycles. The summed E-state index contributed by atoms with van der Waals surface area (Å²) in [5, 5.41) is 9.73. The molecule has 1 aromatic carbocycles. The summed E-state index contributed by atoms with van der Waals surface area (Å²) in [5.41, 5.74) is 1.44. The van der Waals surface area contributed by atoms with Gasteiger partial charge in [0.1, 0.15) is 0 Å². The van der Waals surface area contributed by atoms with Crippen molar-refractivity contribution in [3.8, 4) is 0 Å². The molecule has 3 heteroatoms. The molecule has 0 atom stereocenters. The first-order valence-corrected chi connectivity index (χ1v) is 4.42. The fraction of sp³-hybridized carbons (Fsp3) is 0.182. The van der Waals surface area contributed by atoms with Gasteiger partial charge in [-0.1, -0.05) is 12.1 Å². The lowest BCUT2D eigenvalue weighted by molar-refractivity contribution is 0.272. The summed E-state index contributed by atoms with van der Waals surface area (Å²) in [6, 6.07) is 8.85. The lowest BCUT2D eigenvalue weighted by atomic mass is 10.2. The second-order valence-electron chi connectivity index (χ2n) is 3.23. The number of rotatable bonds is 1. The Hall–Kier alpha value is -1.61. The van der Waals surface area contributed by atoms with Crippen molar-refractivity contribution < 1.29 is 5.11 Å². The van der Waals surface area contributed by atoms with Crippen LogP contribution in [0.1, 0.15) is 5.69 Å². The van der Waals surface area contributed by atoms with Crippen LogP contribution in [-0.4, -0.2) is 9.67 Å². The molecule has 14 heavy (non-hydrogen) atoms. The van der Waals surface area contributed by atoms with Crippen molar-refractivity contribution in [1.82, 2.24) is 4.57 Å². The summed E-state index contributed by atoms with van der Waals surface area (Å²) in [7, 11) is 1.84. The van der Waals surface area contributed by atoms with Crippen LogP contribution >= 0.6 is 0 Å². The number of hydrogen-bond acceptors (Lipinski definition) is 2. The molecule has 0 saturated carbocycles. The molecule has 0 spiro atoms. The van der Waals surface area contributed by atoms with Gasteiger partial charge in [-0.05, 0) is 12.1 Å². The number of benzene rings is 1. The van der Waals surface area contributed by atoms with Crippen LogP contribution in [0.5, 0.6) is 0 Å². The smallest absolute Gasteiger partial charge is 0.189 e. The molecule has 72 valence electrons. The lowest BCUT2D eigenvalue weighted by Gasteiger charge is -2.09. The fourth-order valence-corrected chi connectivity index (χ4v) is 1.61. The van der Waals surface area contributed by atoms with E-state index in [1.807, 2.05) is 29.8 Å². The number of aryl methyl sites for hydroxylation is 1. The highest BCUT2D eigenvalue weighted by Crippen LogP contribution is 2.10. The molecule has 1 aromatic heterocycles. The zero-order valence-electron chi connectivity index (χ0n) is 7.90. The molecule has 0 unspecified atom stereocenters. The first-order chi connectivity index (χ1) is 6.74. The predicted molar refractivity (Wildman–Crippen MR) is 55.1 cm³/mol. The molecule has 0 aliphatic rings. The molecule has 1 N–H and O–H groups in total. The summed E-state index contributed by atoms with van der Waals surface area (Å²) in [5.74, 6) is 0. The van der Waals surface area contributed by atoms with E-state index in [2.05, 4.69) is 0 Å². The maximum atomic E-state index is 11.6. The predicted octanol–water partition coefficient (Wildman–Crippen LogP) is 1.03. The monoisotopic (exact) mass is 189 g/mol. The number of aromatic nitrogens is 1. The molecular formula is C11H11NO2. The van der Waals surface area contributed by atoms with Crippen molar-refractivity contribution in [3.05, 3.63) is 46.2 Å². The fourth-order valence-electron chi connectivity index (χ4n) is 1.61. The van der Waals surface area contributed by atoms with Crippen LogP contribution in [0.25, 0.3) is 10.9 Å². The zero-order chi connectivity index (χ0) is 10.1. The average molecular weight is 189 g/mol. The van der Waals surface area contributed by atoms with Gasteiger partial charge >= 0.3 is 0 Å². The first-order valence-electron chi connectivity index (χ1n) is 4.42. The highest BCUT2D eigenvalue weighted by atomic mass is 16.3. The molecule has 0 radical (unpaired) electrons. The molecule has 0 saturated heterocycles. The molecule has 3 nitrogen and oxygen atoms in total. The molecule has 0 amide bonds. The van der Waals surface area contributed by atoms with Crippen molar-refractivity contribution in [2.45, 2.75) is 6.61 Å². The third-order valence-corrected chi connectivity index (χ3v) is 2.42. The molecule has 0 fully saturated rings. The molecule has 2 aromatic rings. The van der Waals surface area contributed by atoms with E-state index < -0.39 is 0 Å². The Morgan fingerprint density at radius 3 is 2.79 bits per heavy atom. The highest BCUT2D eigenvalue weighted by molar-refractivity contribution is 5.79. The average Bonchev–Trinajstić information content (AvgIpc) is 2.23. The van der Waals surface area contributed by atoms with Gasteiger partial charge in [-0.25, -0.2) is 0 Å². The van der Waals surface area contributed by atoms with Gasteiger partial charge in [0.25, 0.3) is 0 Å². The summed E-state index contributed by atoms with van der Waals surface area (Å²) >= 11 is 0. The normalized spacial score (nSPS) is 10.7. The molecular weight excluding hydrogens is 178 g/mol. The Bertz CT molecular complexity index is 528. The SMILES string of the molecule is Cn1c(CO)cc(=O)c2ccccc21. The standard InChI is InChI=1S/C11H11NO2/c1-12-8(7-13)6-11(14)9-4-2-3-5-10(9)12/h2-6,13H,7H2,1H3. The minimum Gasteiger partial charge on any atom is -0.390 e. The lowest BCUT2D eigenvalue weighted by Crippen LogP contribution is -2.11. The van der Waals surface area contributed by atoms with Crippen LogP contribution in [-0.2, 0) is 13.7 Å². The Morgan fingerprint density at radius 1 is 1.36 bits per heavy atom. The van der Waals surface area contributed by atoms with E-state index in [1.54, 1.807) is 6.07 Å². The van der Waals surface area contributed by atoms with Gasteiger partial charge in [0.2, 0.25) is 0 Å². The largest absolute Gasteiger partial charge is 0.390 e. The number of hydrogen-bond donors (Lipinski definition) is 1. The van der Waals surface area contributed by atoms with Crippen LogP contribution < -0.4 is 5.43 Å². The van der Waals surface area contributed by atoms with Crippen molar-refractivity contribution in [2.75, 3.05) is 0 Å². The molecule has 0 aliphatic carbocycles. The van der Waals surface area contributed by atoms with Gasteiger partial charge in [-0.3, -0.25) is 4.79 Å². The minimum absolute atomic E-state index is 0.0391. The first kappa shape index (κ1) is 8.97. The van der Waals surface area contributed by atoms with Crippen LogP contribution in [0.2, 0.25) is 0 Å². The maximum absolute atomic E-state index is 11.6. The van der Waals surface area contributed by atoms with Crippen LogP contribution in [0.3, 0.4) is 0 Å². The summed E-state index contributed by atoms with van der Waals surface area (Å²) in [6.07, 6.45) is 0. The summed E-state index contributed by atoms with van der Waals surface area (Å²) in [4.78, 5) is 11.6. The quantitative estimate of drug-likeness (QED) is 0.728. The van der Waals surface area contributed by atoms with Crippen molar-refractivity contribution in [1.29, 1.82) is 0 Å². The number of fused-ring (bicyclic) bond motifs is 1. The number of para-hydroxylation sites is 1. The summed E-state index contributed by atoms with van der Waals surface area (Å²) < 4.78 is 1.83. The highest BCUT2D eigenvalue weighted by Gasteiger charge is 2.03. The third-order valence-electron chi connectivity index (χ3n) is 2.42. The van der Waals surface area contributed by atoms with Crippen LogP contribution in [0.4, 0.5) is 0 Å². The number of nitrogens with zero attached hydrogens (tertiary/aromatic N) is 1. The van der Waals surface area contributed by atoms with E-state index >= 15 is 0 Å². The number of aliphatic hydroxyl groups is 1. The Balaban J connectivity index is 2.95. The Morgan fingerprint density at radius 2 is 2.07 bits per heavy atom. The van der Waals surface area contributed by atoms with E-state index in [9.17, 15) is 4.79 Å². The van der Waals surface area contributed by atoms with E-state index in [0.717, 1.165) is 5.52 Å². The Labute approximate surface area is 81.2 Å². The van der Waals surface area contributed by atoms with E-state index in [-0.39, 0.29) is 12.0 Å². The second kappa shape index (κ2) is 3.27.